The second kappa shape index (κ2) is 5.95. The molecule has 0 bridgehead atoms. The van der Waals surface area contributed by atoms with Gasteiger partial charge in [0.25, 0.3) is 0 Å². The van der Waals surface area contributed by atoms with Crippen molar-refractivity contribution in [3.63, 3.8) is 0 Å². The van der Waals surface area contributed by atoms with Gasteiger partial charge in [-0.05, 0) is 36.4 Å². The highest BCUT2D eigenvalue weighted by atomic mass is 35.5. The molecule has 0 saturated heterocycles. The van der Waals surface area contributed by atoms with Gasteiger partial charge in [0.15, 0.2) is 0 Å². The highest BCUT2D eigenvalue weighted by Crippen LogP contribution is 2.22. The summed E-state index contributed by atoms with van der Waals surface area (Å²) >= 11 is 5.80. The number of benzene rings is 2. The predicted molar refractivity (Wildman–Crippen MR) is 79.7 cm³/mol. The van der Waals surface area contributed by atoms with Crippen LogP contribution in [-0.2, 0) is 0 Å². The van der Waals surface area contributed by atoms with Crippen molar-refractivity contribution in [1.82, 2.24) is 0 Å². The number of hydrogen-bond donors (Lipinski definition) is 3. The molecule has 0 aromatic heterocycles. The lowest BCUT2D eigenvalue weighted by Crippen LogP contribution is -2.19. The number of anilines is 3. The van der Waals surface area contributed by atoms with E-state index in [1.54, 1.807) is 42.5 Å². The van der Waals surface area contributed by atoms with Crippen molar-refractivity contribution in [2.45, 2.75) is 0 Å². The van der Waals surface area contributed by atoms with E-state index in [4.69, 9.17) is 22.6 Å². The van der Waals surface area contributed by atoms with Gasteiger partial charge >= 0.3 is 6.03 Å². The summed E-state index contributed by atoms with van der Waals surface area (Å²) in [6, 6.07) is 13.0. The fourth-order valence-corrected chi connectivity index (χ4v) is 1.70. The first-order valence-electron chi connectivity index (χ1n) is 5.71. The molecule has 0 heterocycles. The maximum Gasteiger partial charge on any atom is 0.323 e. The van der Waals surface area contributed by atoms with Crippen LogP contribution in [0.5, 0.6) is 0 Å². The summed E-state index contributed by atoms with van der Waals surface area (Å²) in [5, 5.41) is 14.5. The van der Waals surface area contributed by atoms with Crippen molar-refractivity contribution in [2.75, 3.05) is 16.4 Å². The molecule has 4 N–H and O–H groups in total. The van der Waals surface area contributed by atoms with E-state index in [0.29, 0.717) is 27.6 Å². The number of halogens is 1. The van der Waals surface area contributed by atoms with Crippen LogP contribution in [0.2, 0.25) is 5.02 Å². The van der Waals surface area contributed by atoms with E-state index < -0.39 is 6.03 Å². The monoisotopic (exact) mass is 286 g/mol. The quantitative estimate of drug-likeness (QED) is 0.739. The van der Waals surface area contributed by atoms with Crippen LogP contribution in [0.25, 0.3) is 0 Å². The number of carbonyl (C=O) groups is 1. The second-order valence-corrected chi connectivity index (χ2v) is 4.42. The summed E-state index contributed by atoms with van der Waals surface area (Å²) in [6.45, 7) is 0. The minimum atomic E-state index is -0.429. The standard InChI is InChI=1S/C14H11ClN4O/c15-12-5-4-11(7-13(12)17)19-14(20)18-10-3-1-2-9(6-10)8-16/h1-7H,17H2,(H2,18,19,20). The average Bonchev–Trinajstić information content (AvgIpc) is 2.43. The third-order valence-corrected chi connectivity index (χ3v) is 2.85. The molecule has 2 rings (SSSR count). The highest BCUT2D eigenvalue weighted by Gasteiger charge is 2.04. The fourth-order valence-electron chi connectivity index (χ4n) is 1.58. The van der Waals surface area contributed by atoms with Gasteiger partial charge in [-0.1, -0.05) is 17.7 Å². The molecule has 2 aromatic carbocycles. The number of amides is 2. The van der Waals surface area contributed by atoms with E-state index in [0.717, 1.165) is 0 Å². The third kappa shape index (κ3) is 3.40. The largest absolute Gasteiger partial charge is 0.397 e. The zero-order valence-electron chi connectivity index (χ0n) is 10.4. The van der Waals surface area contributed by atoms with E-state index >= 15 is 0 Å². The summed E-state index contributed by atoms with van der Waals surface area (Å²) < 4.78 is 0. The Bertz CT molecular complexity index is 694. The molecule has 0 fully saturated rings. The van der Waals surface area contributed by atoms with Gasteiger partial charge in [-0.3, -0.25) is 0 Å². The smallest absolute Gasteiger partial charge is 0.323 e. The molecule has 0 aliphatic heterocycles. The Morgan fingerprint density at radius 2 is 1.85 bits per heavy atom. The number of rotatable bonds is 2. The Balaban J connectivity index is 2.05. The van der Waals surface area contributed by atoms with Gasteiger partial charge in [-0.2, -0.15) is 5.26 Å². The first-order chi connectivity index (χ1) is 9.58. The molecule has 6 heteroatoms. The number of carbonyl (C=O) groups excluding carboxylic acids is 1. The molecule has 0 saturated carbocycles. The maximum absolute atomic E-state index is 11.8. The molecule has 0 unspecified atom stereocenters. The van der Waals surface area contributed by atoms with Gasteiger partial charge in [0, 0.05) is 11.4 Å². The van der Waals surface area contributed by atoms with Gasteiger partial charge in [0.2, 0.25) is 0 Å². The highest BCUT2D eigenvalue weighted by molar-refractivity contribution is 6.33. The Hall–Kier alpha value is -2.71. The van der Waals surface area contributed by atoms with Crippen LogP contribution in [0.4, 0.5) is 21.9 Å². The minimum Gasteiger partial charge on any atom is -0.397 e. The first-order valence-corrected chi connectivity index (χ1v) is 6.09. The molecule has 100 valence electrons. The first kappa shape index (κ1) is 13.7. The Morgan fingerprint density at radius 3 is 2.50 bits per heavy atom. The van der Waals surface area contributed by atoms with Crippen LogP contribution in [0.3, 0.4) is 0 Å². The third-order valence-electron chi connectivity index (χ3n) is 2.50. The van der Waals surface area contributed by atoms with Gasteiger partial charge in [-0.25, -0.2) is 4.79 Å². The normalized spacial score (nSPS) is 9.60. The summed E-state index contributed by atoms with van der Waals surface area (Å²) in [4.78, 5) is 11.8. The molecule has 2 aromatic rings. The number of nitrogen functional groups attached to an aromatic ring is 1. The molecule has 0 radical (unpaired) electrons. The van der Waals surface area contributed by atoms with E-state index in [-0.39, 0.29) is 0 Å². The van der Waals surface area contributed by atoms with E-state index in [1.165, 1.54) is 0 Å². The van der Waals surface area contributed by atoms with Gasteiger partial charge in [0.1, 0.15) is 0 Å². The Morgan fingerprint density at radius 1 is 1.15 bits per heavy atom. The Labute approximate surface area is 121 Å². The minimum absolute atomic E-state index is 0.385. The molecule has 0 atom stereocenters. The topological polar surface area (TPSA) is 90.9 Å². The number of nitrogens with one attached hydrogen (secondary N) is 2. The van der Waals surface area contributed by atoms with Crippen LogP contribution >= 0.6 is 11.6 Å². The second-order valence-electron chi connectivity index (χ2n) is 4.01. The predicted octanol–water partition coefficient (Wildman–Crippen LogP) is 3.44. The maximum atomic E-state index is 11.8. The number of urea groups is 1. The SMILES string of the molecule is N#Cc1cccc(NC(=O)Nc2ccc(Cl)c(N)c2)c1. The lowest BCUT2D eigenvalue weighted by molar-refractivity contribution is 0.262. The van der Waals surface area contributed by atoms with E-state index in [9.17, 15) is 4.79 Å². The van der Waals surface area contributed by atoms with Gasteiger partial charge in [0.05, 0.1) is 22.3 Å². The van der Waals surface area contributed by atoms with Gasteiger partial charge in [-0.15, -0.1) is 0 Å². The number of nitrogens with two attached hydrogens (primary N) is 1. The average molecular weight is 287 g/mol. The summed E-state index contributed by atoms with van der Waals surface area (Å²) in [5.41, 5.74) is 7.56. The van der Waals surface area contributed by atoms with Crippen molar-refractivity contribution >= 4 is 34.7 Å². The Kier molecular flexibility index (Phi) is 4.08. The van der Waals surface area contributed by atoms with Crippen molar-refractivity contribution in [2.24, 2.45) is 0 Å². The van der Waals surface area contributed by atoms with E-state index in [1.807, 2.05) is 6.07 Å². The molecule has 0 spiro atoms. The lowest BCUT2D eigenvalue weighted by atomic mass is 10.2. The van der Waals surface area contributed by atoms with Crippen LogP contribution in [0, 0.1) is 11.3 Å². The van der Waals surface area contributed by atoms with Crippen LogP contribution in [-0.4, -0.2) is 6.03 Å². The molecular weight excluding hydrogens is 276 g/mol. The molecule has 20 heavy (non-hydrogen) atoms. The molecule has 0 aliphatic rings. The molecule has 2 amide bonds. The fraction of sp³-hybridized carbons (Fsp3) is 0. The van der Waals surface area contributed by atoms with Crippen molar-refractivity contribution < 1.29 is 4.79 Å². The molecule has 5 nitrogen and oxygen atoms in total. The lowest BCUT2D eigenvalue weighted by Gasteiger charge is -2.08. The molecular formula is C14H11ClN4O. The summed E-state index contributed by atoms with van der Waals surface area (Å²) in [6.07, 6.45) is 0. The summed E-state index contributed by atoms with van der Waals surface area (Å²) in [7, 11) is 0. The van der Waals surface area contributed by atoms with Crippen molar-refractivity contribution in [3.8, 4) is 6.07 Å². The van der Waals surface area contributed by atoms with Crippen molar-refractivity contribution in [1.29, 1.82) is 5.26 Å². The van der Waals surface area contributed by atoms with Crippen LogP contribution < -0.4 is 16.4 Å². The molecule has 0 aliphatic carbocycles. The van der Waals surface area contributed by atoms with E-state index in [2.05, 4.69) is 10.6 Å². The van der Waals surface area contributed by atoms with Crippen LogP contribution in [0.15, 0.2) is 42.5 Å². The summed E-state index contributed by atoms with van der Waals surface area (Å²) in [5.74, 6) is 0. The van der Waals surface area contributed by atoms with Crippen molar-refractivity contribution in [3.05, 3.63) is 53.1 Å². The zero-order chi connectivity index (χ0) is 14.5. The van der Waals surface area contributed by atoms with Gasteiger partial charge < -0.3 is 16.4 Å². The zero-order valence-corrected chi connectivity index (χ0v) is 11.1. The number of hydrogen-bond acceptors (Lipinski definition) is 3. The number of nitrogens with zero attached hydrogens (tertiary/aromatic N) is 1. The number of nitriles is 1. The van der Waals surface area contributed by atoms with Crippen LogP contribution in [0.1, 0.15) is 5.56 Å².